The molecule has 2 aromatic rings. The van der Waals surface area contributed by atoms with E-state index in [1.165, 1.54) is 0 Å². The smallest absolute Gasteiger partial charge is 0.252 e. The van der Waals surface area contributed by atoms with Crippen LogP contribution in [0.4, 0.5) is 0 Å². The summed E-state index contributed by atoms with van der Waals surface area (Å²) in [7, 11) is 2.12. The topological polar surface area (TPSA) is 48.1 Å². The molecule has 0 radical (unpaired) electrons. The predicted molar refractivity (Wildman–Crippen MR) is 76.3 cm³/mol. The molecule has 0 spiro atoms. The number of nitrogens with zero attached hydrogens (tertiary/aromatic N) is 1. The van der Waals surface area contributed by atoms with Crippen LogP contribution in [-0.4, -0.2) is 42.0 Å². The lowest BCUT2D eigenvalue weighted by Gasteiger charge is -2.29. The number of hydrogen-bond acceptors (Lipinski definition) is 2. The Kier molecular flexibility index (Phi) is 3.25. The lowest BCUT2D eigenvalue weighted by molar-refractivity contribution is 0.0918. The second kappa shape index (κ2) is 5.05. The van der Waals surface area contributed by atoms with Crippen LogP contribution in [0.2, 0.25) is 0 Å². The first-order valence-electron chi connectivity index (χ1n) is 6.79. The maximum atomic E-state index is 12.4. The van der Waals surface area contributed by atoms with Crippen molar-refractivity contribution in [3.63, 3.8) is 0 Å². The highest BCUT2D eigenvalue weighted by atomic mass is 16.1. The molecule has 3 rings (SSSR count). The number of hydrogen-bond donors (Lipinski definition) is 2. The molecule has 0 unspecified atom stereocenters. The minimum absolute atomic E-state index is 0.0414. The van der Waals surface area contributed by atoms with Crippen molar-refractivity contribution in [1.82, 2.24) is 15.2 Å². The Labute approximate surface area is 112 Å². The molecular weight excluding hydrogens is 238 g/mol. The molecule has 0 bridgehead atoms. The highest BCUT2D eigenvalue weighted by Crippen LogP contribution is 2.18. The third-order valence-electron chi connectivity index (χ3n) is 3.89. The molecule has 2 N–H and O–H groups in total. The largest absolute Gasteiger partial charge is 0.361 e. The molecule has 1 aliphatic heterocycles. The van der Waals surface area contributed by atoms with Gasteiger partial charge in [-0.05, 0) is 51.2 Å². The van der Waals surface area contributed by atoms with Gasteiger partial charge in [0.25, 0.3) is 5.91 Å². The van der Waals surface area contributed by atoms with E-state index in [1.54, 1.807) is 0 Å². The van der Waals surface area contributed by atoms with Crippen LogP contribution in [0.1, 0.15) is 23.2 Å². The van der Waals surface area contributed by atoms with E-state index in [0.29, 0.717) is 6.04 Å². The number of likely N-dealkylation sites (tertiary alicyclic amines) is 1. The van der Waals surface area contributed by atoms with Gasteiger partial charge in [0.2, 0.25) is 0 Å². The van der Waals surface area contributed by atoms with Crippen molar-refractivity contribution < 1.29 is 4.79 Å². The number of carbonyl (C=O) groups excluding carboxylic acids is 1. The summed E-state index contributed by atoms with van der Waals surface area (Å²) in [6.07, 6.45) is 3.94. The van der Waals surface area contributed by atoms with Crippen LogP contribution in [0.3, 0.4) is 0 Å². The molecule has 4 nitrogen and oxygen atoms in total. The van der Waals surface area contributed by atoms with E-state index in [0.717, 1.165) is 42.4 Å². The van der Waals surface area contributed by atoms with E-state index in [4.69, 9.17) is 0 Å². The molecule has 0 saturated carbocycles. The number of rotatable bonds is 2. The van der Waals surface area contributed by atoms with E-state index in [9.17, 15) is 4.79 Å². The molecule has 1 aromatic carbocycles. The van der Waals surface area contributed by atoms with Gasteiger partial charge in [-0.2, -0.15) is 0 Å². The van der Waals surface area contributed by atoms with E-state index >= 15 is 0 Å². The minimum atomic E-state index is 0.0414. The van der Waals surface area contributed by atoms with Gasteiger partial charge in [-0.15, -0.1) is 0 Å². The van der Waals surface area contributed by atoms with Crippen molar-refractivity contribution in [2.24, 2.45) is 0 Å². The molecule has 19 heavy (non-hydrogen) atoms. The molecule has 1 saturated heterocycles. The second-order valence-electron chi connectivity index (χ2n) is 5.30. The summed E-state index contributed by atoms with van der Waals surface area (Å²) < 4.78 is 0. The molecule has 1 aromatic heterocycles. The van der Waals surface area contributed by atoms with Gasteiger partial charge in [-0.3, -0.25) is 4.79 Å². The average molecular weight is 257 g/mol. The van der Waals surface area contributed by atoms with Gasteiger partial charge < -0.3 is 15.2 Å². The van der Waals surface area contributed by atoms with Crippen molar-refractivity contribution in [3.8, 4) is 0 Å². The van der Waals surface area contributed by atoms with Gasteiger partial charge in [0.15, 0.2) is 0 Å². The molecule has 2 heterocycles. The van der Waals surface area contributed by atoms with Crippen LogP contribution in [-0.2, 0) is 0 Å². The first kappa shape index (κ1) is 12.2. The molecule has 1 amide bonds. The van der Waals surface area contributed by atoms with Gasteiger partial charge in [0.05, 0.1) is 0 Å². The standard InChI is InChI=1S/C15H19N3O/c1-18-9-6-11(7-10-18)17-15(19)13-3-2-4-14-12(13)5-8-16-14/h2-5,8,11,16H,6-7,9-10H2,1H3,(H,17,19). The Morgan fingerprint density at radius 2 is 2.11 bits per heavy atom. The molecule has 0 atom stereocenters. The number of amides is 1. The maximum absolute atomic E-state index is 12.4. The zero-order valence-electron chi connectivity index (χ0n) is 11.1. The fourth-order valence-electron chi connectivity index (χ4n) is 2.70. The van der Waals surface area contributed by atoms with Crippen LogP contribution in [0.5, 0.6) is 0 Å². The number of carbonyl (C=O) groups is 1. The molecule has 100 valence electrons. The van der Waals surface area contributed by atoms with Crippen molar-refractivity contribution in [1.29, 1.82) is 0 Å². The number of aromatic amines is 1. The van der Waals surface area contributed by atoms with Crippen molar-refractivity contribution >= 4 is 16.8 Å². The number of H-pyrrole nitrogens is 1. The summed E-state index contributed by atoms with van der Waals surface area (Å²) in [4.78, 5) is 17.8. The van der Waals surface area contributed by atoms with E-state index in [-0.39, 0.29) is 5.91 Å². The Hall–Kier alpha value is -1.81. The normalized spacial score (nSPS) is 17.7. The zero-order valence-corrected chi connectivity index (χ0v) is 11.1. The number of aromatic nitrogens is 1. The van der Waals surface area contributed by atoms with Crippen LogP contribution in [0, 0.1) is 0 Å². The number of benzene rings is 1. The van der Waals surface area contributed by atoms with Crippen LogP contribution < -0.4 is 5.32 Å². The summed E-state index contributed by atoms with van der Waals surface area (Å²) in [6, 6.07) is 8.06. The zero-order chi connectivity index (χ0) is 13.2. The SMILES string of the molecule is CN1CCC(NC(=O)c2cccc3[nH]ccc23)CC1. The Balaban J connectivity index is 1.75. The summed E-state index contributed by atoms with van der Waals surface area (Å²) in [5.41, 5.74) is 1.77. The monoisotopic (exact) mass is 257 g/mol. The Morgan fingerprint density at radius 3 is 2.89 bits per heavy atom. The number of fused-ring (bicyclic) bond motifs is 1. The highest BCUT2D eigenvalue weighted by Gasteiger charge is 2.19. The van der Waals surface area contributed by atoms with Gasteiger partial charge >= 0.3 is 0 Å². The molecule has 1 fully saturated rings. The third-order valence-corrected chi connectivity index (χ3v) is 3.89. The second-order valence-corrected chi connectivity index (χ2v) is 5.30. The summed E-state index contributed by atoms with van der Waals surface area (Å²) in [5.74, 6) is 0.0414. The molecule has 0 aliphatic carbocycles. The molecule has 1 aliphatic rings. The lowest BCUT2D eigenvalue weighted by Crippen LogP contribution is -2.43. The Morgan fingerprint density at radius 1 is 1.32 bits per heavy atom. The van der Waals surface area contributed by atoms with Gasteiger partial charge in [-0.25, -0.2) is 0 Å². The number of nitrogens with one attached hydrogen (secondary N) is 2. The fraction of sp³-hybridized carbons (Fsp3) is 0.400. The average Bonchev–Trinajstić information content (AvgIpc) is 2.89. The maximum Gasteiger partial charge on any atom is 0.252 e. The van der Waals surface area contributed by atoms with Crippen molar-refractivity contribution in [2.75, 3.05) is 20.1 Å². The van der Waals surface area contributed by atoms with E-state index in [1.807, 2.05) is 30.5 Å². The van der Waals surface area contributed by atoms with Gasteiger partial charge in [0.1, 0.15) is 0 Å². The third kappa shape index (κ3) is 2.49. The quantitative estimate of drug-likeness (QED) is 0.864. The first-order chi connectivity index (χ1) is 9.24. The summed E-state index contributed by atoms with van der Waals surface area (Å²) in [6.45, 7) is 2.11. The summed E-state index contributed by atoms with van der Waals surface area (Å²) >= 11 is 0. The predicted octanol–water partition coefficient (Wildman–Crippen LogP) is 1.99. The van der Waals surface area contributed by atoms with Crippen molar-refractivity contribution in [3.05, 3.63) is 36.0 Å². The highest BCUT2D eigenvalue weighted by molar-refractivity contribution is 6.06. The van der Waals surface area contributed by atoms with Crippen molar-refractivity contribution in [2.45, 2.75) is 18.9 Å². The van der Waals surface area contributed by atoms with Crippen LogP contribution in [0.15, 0.2) is 30.5 Å². The van der Waals surface area contributed by atoms with E-state index in [2.05, 4.69) is 22.2 Å². The minimum Gasteiger partial charge on any atom is -0.361 e. The Bertz CT molecular complexity index is 582. The lowest BCUT2D eigenvalue weighted by atomic mass is 10.0. The van der Waals surface area contributed by atoms with Gasteiger partial charge in [-0.1, -0.05) is 6.07 Å². The number of piperidine rings is 1. The van der Waals surface area contributed by atoms with Crippen LogP contribution >= 0.6 is 0 Å². The first-order valence-corrected chi connectivity index (χ1v) is 6.79. The molecule has 4 heteroatoms. The summed E-state index contributed by atoms with van der Waals surface area (Å²) in [5, 5.41) is 4.15. The van der Waals surface area contributed by atoms with E-state index < -0.39 is 0 Å². The molecular formula is C15H19N3O. The van der Waals surface area contributed by atoms with Gasteiger partial charge in [0, 0.05) is 28.7 Å². The fourth-order valence-corrected chi connectivity index (χ4v) is 2.70. The van der Waals surface area contributed by atoms with Crippen LogP contribution in [0.25, 0.3) is 10.9 Å².